The molecule has 1 saturated heterocycles. The summed E-state index contributed by atoms with van der Waals surface area (Å²) in [5, 5.41) is 0.202. The Morgan fingerprint density at radius 3 is 2.53 bits per heavy atom. The molecule has 0 aromatic carbocycles. The Morgan fingerprint density at radius 1 is 1.37 bits per heavy atom. The molecule has 1 heterocycles. The third kappa shape index (κ3) is 4.89. The summed E-state index contributed by atoms with van der Waals surface area (Å²) >= 11 is 0. The van der Waals surface area contributed by atoms with Crippen LogP contribution in [0.2, 0.25) is 18.1 Å². The third-order valence-electron chi connectivity index (χ3n) is 4.34. The second-order valence-corrected chi connectivity index (χ2v) is 11.9. The minimum Gasteiger partial charge on any atom is -0.415 e. The maximum atomic E-state index is 11.7. The van der Waals surface area contributed by atoms with E-state index in [0.717, 1.165) is 19.4 Å². The minimum absolute atomic E-state index is 0.0730. The first-order valence-electron chi connectivity index (χ1n) is 7.31. The summed E-state index contributed by atoms with van der Waals surface area (Å²) in [6.07, 6.45) is 2.79. The van der Waals surface area contributed by atoms with Gasteiger partial charge in [-0.2, -0.15) is 0 Å². The molecule has 1 atom stereocenters. The van der Waals surface area contributed by atoms with Crippen LogP contribution in [-0.4, -0.2) is 44.9 Å². The lowest BCUT2D eigenvalue weighted by Crippen LogP contribution is -2.49. The number of likely N-dealkylation sites (tertiary alicyclic amines) is 1. The van der Waals surface area contributed by atoms with Crippen molar-refractivity contribution in [1.29, 1.82) is 0 Å². The molecule has 4 nitrogen and oxygen atoms in total. The van der Waals surface area contributed by atoms with Gasteiger partial charge in [-0.25, -0.2) is 0 Å². The number of amides is 1. The number of hydrogen-bond acceptors (Lipinski definition) is 3. The molecular weight excluding hydrogens is 256 g/mol. The molecule has 19 heavy (non-hydrogen) atoms. The molecule has 112 valence electrons. The normalized spacial score (nSPS) is 19.7. The number of rotatable bonds is 5. The van der Waals surface area contributed by atoms with Gasteiger partial charge in [0.15, 0.2) is 8.32 Å². The van der Waals surface area contributed by atoms with E-state index < -0.39 is 8.32 Å². The Bertz CT molecular complexity index is 313. The molecule has 1 rings (SSSR count). The quantitative estimate of drug-likeness (QED) is 0.789. The molecular formula is C14H30N2O2Si. The fourth-order valence-electron chi connectivity index (χ4n) is 1.92. The van der Waals surface area contributed by atoms with Crippen LogP contribution in [0.5, 0.6) is 0 Å². The summed E-state index contributed by atoms with van der Waals surface area (Å²) in [4.78, 5) is 13.6. The van der Waals surface area contributed by atoms with E-state index in [9.17, 15) is 4.79 Å². The summed E-state index contributed by atoms with van der Waals surface area (Å²) in [6, 6.07) is -0.0730. The van der Waals surface area contributed by atoms with Crippen LogP contribution in [0.3, 0.4) is 0 Å². The summed E-state index contributed by atoms with van der Waals surface area (Å²) < 4.78 is 6.11. The van der Waals surface area contributed by atoms with Crippen LogP contribution in [0.1, 0.15) is 40.0 Å². The summed E-state index contributed by atoms with van der Waals surface area (Å²) in [5.74, 6) is 0.244. The van der Waals surface area contributed by atoms with Crippen LogP contribution in [0.4, 0.5) is 0 Å². The van der Waals surface area contributed by atoms with E-state index in [4.69, 9.17) is 10.2 Å². The zero-order chi connectivity index (χ0) is 14.7. The van der Waals surface area contributed by atoms with Crippen molar-refractivity contribution in [2.45, 2.75) is 64.2 Å². The summed E-state index contributed by atoms with van der Waals surface area (Å²) in [7, 11) is -1.73. The van der Waals surface area contributed by atoms with E-state index in [0.29, 0.717) is 19.6 Å². The third-order valence-corrected chi connectivity index (χ3v) is 8.84. The first-order chi connectivity index (χ1) is 8.63. The zero-order valence-electron chi connectivity index (χ0n) is 13.2. The van der Waals surface area contributed by atoms with Crippen molar-refractivity contribution in [1.82, 2.24) is 4.90 Å². The summed E-state index contributed by atoms with van der Waals surface area (Å²) in [5.41, 5.74) is 6.12. The minimum atomic E-state index is -1.73. The number of carbonyl (C=O) groups is 1. The van der Waals surface area contributed by atoms with Gasteiger partial charge in [0, 0.05) is 25.6 Å². The highest BCUT2D eigenvalue weighted by atomic mass is 28.4. The van der Waals surface area contributed by atoms with Crippen molar-refractivity contribution in [2.24, 2.45) is 5.73 Å². The van der Waals surface area contributed by atoms with E-state index in [-0.39, 0.29) is 17.0 Å². The lowest BCUT2D eigenvalue weighted by molar-refractivity contribution is -0.133. The fourth-order valence-corrected chi connectivity index (χ4v) is 2.99. The second-order valence-electron chi connectivity index (χ2n) is 7.13. The van der Waals surface area contributed by atoms with Crippen molar-refractivity contribution in [3.63, 3.8) is 0 Å². The van der Waals surface area contributed by atoms with Crippen molar-refractivity contribution in [2.75, 3.05) is 19.7 Å². The maximum absolute atomic E-state index is 11.7. The highest BCUT2D eigenvalue weighted by Gasteiger charge is 2.37. The van der Waals surface area contributed by atoms with Crippen LogP contribution in [-0.2, 0) is 9.22 Å². The zero-order valence-corrected chi connectivity index (χ0v) is 14.2. The molecule has 5 heteroatoms. The largest absolute Gasteiger partial charge is 0.415 e. The first kappa shape index (κ1) is 16.7. The van der Waals surface area contributed by atoms with Crippen molar-refractivity contribution in [3.05, 3.63) is 0 Å². The van der Waals surface area contributed by atoms with Crippen molar-refractivity contribution in [3.8, 4) is 0 Å². The number of carbonyl (C=O) groups excluding carboxylic acids is 1. The van der Waals surface area contributed by atoms with E-state index in [2.05, 4.69) is 33.9 Å². The van der Waals surface area contributed by atoms with Crippen LogP contribution < -0.4 is 5.73 Å². The van der Waals surface area contributed by atoms with Gasteiger partial charge in [-0.05, 0) is 31.0 Å². The Kier molecular flexibility index (Phi) is 5.59. The average molecular weight is 286 g/mol. The predicted molar refractivity (Wildman–Crippen MR) is 81.6 cm³/mol. The molecule has 1 amide bonds. The lowest BCUT2D eigenvalue weighted by atomic mass is 10.1. The van der Waals surface area contributed by atoms with Gasteiger partial charge in [-0.1, -0.05) is 20.8 Å². The van der Waals surface area contributed by atoms with E-state index in [1.54, 1.807) is 0 Å². The highest BCUT2D eigenvalue weighted by Crippen LogP contribution is 2.36. The molecule has 1 aliphatic rings. The SMILES string of the molecule is CC(C)(C)[Si](C)(C)OCC(N)CN1CCCCC1=O. The predicted octanol–water partition coefficient (Wildman–Crippen LogP) is 2.35. The van der Waals surface area contributed by atoms with Gasteiger partial charge >= 0.3 is 0 Å². The smallest absolute Gasteiger partial charge is 0.222 e. The van der Waals surface area contributed by atoms with Crippen LogP contribution in [0, 0.1) is 0 Å². The van der Waals surface area contributed by atoms with Gasteiger partial charge in [0.05, 0.1) is 6.61 Å². The molecule has 1 unspecified atom stereocenters. The van der Waals surface area contributed by atoms with Crippen LogP contribution >= 0.6 is 0 Å². The molecule has 0 aromatic heterocycles. The van der Waals surface area contributed by atoms with Gasteiger partial charge in [0.25, 0.3) is 0 Å². The highest BCUT2D eigenvalue weighted by molar-refractivity contribution is 6.74. The Labute approximate surface area is 118 Å². The molecule has 0 aromatic rings. The second kappa shape index (κ2) is 6.37. The summed E-state index contributed by atoms with van der Waals surface area (Å²) in [6.45, 7) is 13.2. The number of nitrogens with two attached hydrogens (primary N) is 1. The van der Waals surface area contributed by atoms with Gasteiger partial charge in [0.1, 0.15) is 0 Å². The molecule has 1 fully saturated rings. The van der Waals surface area contributed by atoms with E-state index >= 15 is 0 Å². The molecule has 0 saturated carbocycles. The van der Waals surface area contributed by atoms with Crippen molar-refractivity contribution >= 4 is 14.2 Å². The van der Waals surface area contributed by atoms with Crippen LogP contribution in [0.15, 0.2) is 0 Å². The monoisotopic (exact) mass is 286 g/mol. The molecule has 0 bridgehead atoms. The van der Waals surface area contributed by atoms with Gasteiger partial charge < -0.3 is 15.1 Å². The Hall–Kier alpha value is -0.393. The molecule has 1 aliphatic heterocycles. The fraction of sp³-hybridized carbons (Fsp3) is 0.929. The average Bonchev–Trinajstić information content (AvgIpc) is 2.28. The molecule has 2 N–H and O–H groups in total. The van der Waals surface area contributed by atoms with Gasteiger partial charge in [0.2, 0.25) is 5.91 Å². The Morgan fingerprint density at radius 2 is 2.00 bits per heavy atom. The number of piperidine rings is 1. The Balaban J connectivity index is 2.39. The van der Waals surface area contributed by atoms with E-state index in [1.165, 1.54) is 0 Å². The maximum Gasteiger partial charge on any atom is 0.222 e. The first-order valence-corrected chi connectivity index (χ1v) is 10.2. The topological polar surface area (TPSA) is 55.6 Å². The lowest BCUT2D eigenvalue weighted by Gasteiger charge is -2.37. The molecule has 0 aliphatic carbocycles. The van der Waals surface area contributed by atoms with E-state index in [1.807, 2.05) is 4.90 Å². The molecule has 0 radical (unpaired) electrons. The molecule has 0 spiro atoms. The number of hydrogen-bond donors (Lipinski definition) is 1. The number of nitrogens with zero attached hydrogens (tertiary/aromatic N) is 1. The van der Waals surface area contributed by atoms with Gasteiger partial charge in [-0.15, -0.1) is 0 Å². The van der Waals surface area contributed by atoms with Gasteiger partial charge in [-0.3, -0.25) is 4.79 Å². The van der Waals surface area contributed by atoms with Crippen molar-refractivity contribution < 1.29 is 9.22 Å². The standard InChI is InChI=1S/C14H30N2O2Si/c1-14(2,3)19(4,5)18-11-12(15)10-16-9-7-6-8-13(16)17/h12H,6-11,15H2,1-5H3. The van der Waals surface area contributed by atoms with Crippen LogP contribution in [0.25, 0.3) is 0 Å².